The second kappa shape index (κ2) is 9.77. The third-order valence-corrected chi connectivity index (χ3v) is 5.87. The van der Waals surface area contributed by atoms with Crippen LogP contribution in [0.1, 0.15) is 18.1 Å². The van der Waals surface area contributed by atoms with E-state index in [-0.39, 0.29) is 5.97 Å². The molecule has 0 aliphatic heterocycles. The van der Waals surface area contributed by atoms with Gasteiger partial charge in [-0.2, -0.15) is 0 Å². The third-order valence-electron chi connectivity index (χ3n) is 5.87. The highest BCUT2D eigenvalue weighted by Gasteiger charge is 2.16. The molecule has 0 saturated carbocycles. The summed E-state index contributed by atoms with van der Waals surface area (Å²) < 4.78 is 5.12. The predicted molar refractivity (Wildman–Crippen MR) is 140 cm³/mol. The molecule has 0 radical (unpaired) electrons. The van der Waals surface area contributed by atoms with Crippen molar-refractivity contribution >= 4 is 22.6 Å². The maximum absolute atomic E-state index is 11.1. The van der Waals surface area contributed by atoms with Crippen LogP contribution in [-0.2, 0) is 11.3 Å². The monoisotopic (exact) mass is 459 g/mol. The third kappa shape index (κ3) is 4.89. The maximum atomic E-state index is 11.1. The van der Waals surface area contributed by atoms with Gasteiger partial charge in [0.05, 0.1) is 5.52 Å². The fourth-order valence-corrected chi connectivity index (χ4v) is 4.19. The van der Waals surface area contributed by atoms with Crippen molar-refractivity contribution in [1.29, 1.82) is 0 Å². The number of ether oxygens (including phenoxy) is 1. The van der Waals surface area contributed by atoms with Gasteiger partial charge in [-0.1, -0.05) is 72.8 Å². The van der Waals surface area contributed by atoms with Gasteiger partial charge in [0.2, 0.25) is 0 Å². The molecule has 0 atom stereocenters. The molecule has 35 heavy (non-hydrogen) atoms. The SMILES string of the molecule is CC(=O)Oc1ccc(CNc2cccc(-c3c(-c4ccccc4)nnc4c(C)cccc34)c2)cc1. The Morgan fingerprint density at radius 3 is 2.34 bits per heavy atom. The van der Waals surface area contributed by atoms with Gasteiger partial charge in [0, 0.05) is 35.7 Å². The van der Waals surface area contributed by atoms with Gasteiger partial charge in [-0.15, -0.1) is 10.2 Å². The highest BCUT2D eigenvalue weighted by atomic mass is 16.5. The number of esters is 1. The molecule has 5 rings (SSSR count). The second-order valence-corrected chi connectivity index (χ2v) is 8.43. The van der Waals surface area contributed by atoms with Crippen molar-refractivity contribution in [3.63, 3.8) is 0 Å². The smallest absolute Gasteiger partial charge is 0.308 e. The van der Waals surface area contributed by atoms with Crippen LogP contribution in [-0.4, -0.2) is 16.2 Å². The number of aryl methyl sites for hydroxylation is 1. The lowest BCUT2D eigenvalue weighted by molar-refractivity contribution is -0.131. The van der Waals surface area contributed by atoms with Gasteiger partial charge >= 0.3 is 5.97 Å². The van der Waals surface area contributed by atoms with Crippen LogP contribution in [0, 0.1) is 6.92 Å². The zero-order chi connectivity index (χ0) is 24.2. The number of fused-ring (bicyclic) bond motifs is 1. The average molecular weight is 460 g/mol. The minimum absolute atomic E-state index is 0.323. The number of aromatic nitrogens is 2. The molecule has 0 bridgehead atoms. The lowest BCUT2D eigenvalue weighted by atomic mass is 9.94. The first kappa shape index (κ1) is 22.3. The molecule has 0 fully saturated rings. The van der Waals surface area contributed by atoms with E-state index in [4.69, 9.17) is 4.74 Å². The van der Waals surface area contributed by atoms with E-state index in [1.165, 1.54) is 6.92 Å². The summed E-state index contributed by atoms with van der Waals surface area (Å²) in [4.78, 5) is 11.1. The fourth-order valence-electron chi connectivity index (χ4n) is 4.19. The quantitative estimate of drug-likeness (QED) is 0.223. The number of rotatable bonds is 6. The van der Waals surface area contributed by atoms with Gasteiger partial charge < -0.3 is 10.1 Å². The Hall–Kier alpha value is -4.51. The molecule has 0 spiro atoms. The Balaban J connectivity index is 1.50. The molecule has 1 aromatic heterocycles. The van der Waals surface area contributed by atoms with E-state index in [1.807, 2.05) is 30.3 Å². The second-order valence-electron chi connectivity index (χ2n) is 8.43. The first-order valence-electron chi connectivity index (χ1n) is 11.5. The first-order valence-corrected chi connectivity index (χ1v) is 11.5. The topological polar surface area (TPSA) is 64.1 Å². The van der Waals surface area contributed by atoms with Crippen molar-refractivity contribution in [3.05, 3.63) is 108 Å². The number of hydrogen-bond acceptors (Lipinski definition) is 5. The van der Waals surface area contributed by atoms with Gasteiger partial charge in [-0.05, 0) is 47.9 Å². The number of hydrogen-bond donors (Lipinski definition) is 1. The predicted octanol–water partition coefficient (Wildman–Crippen LogP) is 6.81. The largest absolute Gasteiger partial charge is 0.427 e. The highest BCUT2D eigenvalue weighted by Crippen LogP contribution is 2.37. The lowest BCUT2D eigenvalue weighted by Crippen LogP contribution is -2.02. The Kier molecular flexibility index (Phi) is 6.22. The minimum atomic E-state index is -0.323. The van der Waals surface area contributed by atoms with Crippen molar-refractivity contribution in [1.82, 2.24) is 10.2 Å². The zero-order valence-electron chi connectivity index (χ0n) is 19.7. The van der Waals surface area contributed by atoms with Gasteiger partial charge in [0.25, 0.3) is 0 Å². The molecule has 5 aromatic rings. The Bertz CT molecular complexity index is 1500. The van der Waals surface area contributed by atoms with Crippen LogP contribution in [0.25, 0.3) is 33.3 Å². The molecule has 0 unspecified atom stereocenters. The van der Waals surface area contributed by atoms with Gasteiger partial charge in [0.15, 0.2) is 0 Å². The fraction of sp³-hybridized carbons (Fsp3) is 0.100. The van der Waals surface area contributed by atoms with Crippen molar-refractivity contribution in [3.8, 4) is 28.1 Å². The molecular formula is C30H25N3O2. The summed E-state index contributed by atoms with van der Waals surface area (Å²) in [5, 5.41) is 13.8. The molecule has 1 N–H and O–H groups in total. The number of nitrogens with one attached hydrogen (secondary N) is 1. The van der Waals surface area contributed by atoms with E-state index in [0.29, 0.717) is 12.3 Å². The lowest BCUT2D eigenvalue weighted by Gasteiger charge is -2.15. The summed E-state index contributed by atoms with van der Waals surface area (Å²) in [6.45, 7) is 4.10. The maximum Gasteiger partial charge on any atom is 0.308 e. The normalized spacial score (nSPS) is 10.8. The van der Waals surface area contributed by atoms with Crippen LogP contribution in [0.4, 0.5) is 5.69 Å². The Morgan fingerprint density at radius 1 is 0.829 bits per heavy atom. The summed E-state index contributed by atoms with van der Waals surface area (Å²) in [6.07, 6.45) is 0. The van der Waals surface area contributed by atoms with Crippen LogP contribution in [0.3, 0.4) is 0 Å². The molecule has 0 amide bonds. The summed E-state index contributed by atoms with van der Waals surface area (Å²) in [6, 6.07) is 32.3. The minimum Gasteiger partial charge on any atom is -0.427 e. The van der Waals surface area contributed by atoms with Crippen LogP contribution in [0.15, 0.2) is 97.1 Å². The van der Waals surface area contributed by atoms with E-state index in [0.717, 1.165) is 50.1 Å². The van der Waals surface area contributed by atoms with Crippen molar-refractivity contribution in [2.75, 3.05) is 5.32 Å². The summed E-state index contributed by atoms with van der Waals surface area (Å²) in [5.74, 6) is 0.222. The first-order chi connectivity index (χ1) is 17.1. The Morgan fingerprint density at radius 2 is 1.57 bits per heavy atom. The van der Waals surface area contributed by atoms with Gasteiger partial charge in [-0.3, -0.25) is 4.79 Å². The molecule has 4 aromatic carbocycles. The summed E-state index contributed by atoms with van der Waals surface area (Å²) >= 11 is 0. The molecule has 0 saturated heterocycles. The average Bonchev–Trinajstić information content (AvgIpc) is 2.88. The van der Waals surface area contributed by atoms with Gasteiger partial charge in [0.1, 0.15) is 11.4 Å². The van der Waals surface area contributed by atoms with Gasteiger partial charge in [-0.25, -0.2) is 0 Å². The molecule has 1 heterocycles. The number of benzene rings is 4. The van der Waals surface area contributed by atoms with E-state index in [2.05, 4.69) is 77.0 Å². The van der Waals surface area contributed by atoms with Crippen molar-refractivity contribution in [2.24, 2.45) is 0 Å². The molecule has 0 aliphatic rings. The standard InChI is InChI=1S/C30H25N3O2/c1-20-8-6-13-27-28(30(33-32-29(20)27)23-9-4-3-5-10-23)24-11-7-12-25(18-24)31-19-22-14-16-26(17-15-22)35-21(2)34/h3-18,31H,19H2,1-2H3. The number of anilines is 1. The van der Waals surface area contributed by atoms with Crippen LogP contribution < -0.4 is 10.1 Å². The van der Waals surface area contributed by atoms with Crippen LogP contribution in [0.5, 0.6) is 5.75 Å². The number of nitrogens with zero attached hydrogens (tertiary/aromatic N) is 2. The van der Waals surface area contributed by atoms with E-state index >= 15 is 0 Å². The molecule has 0 aliphatic carbocycles. The van der Waals surface area contributed by atoms with Crippen LogP contribution in [0.2, 0.25) is 0 Å². The number of carbonyl (C=O) groups is 1. The number of carbonyl (C=O) groups excluding carboxylic acids is 1. The van der Waals surface area contributed by atoms with Crippen LogP contribution >= 0.6 is 0 Å². The van der Waals surface area contributed by atoms with E-state index in [9.17, 15) is 4.79 Å². The summed E-state index contributed by atoms with van der Waals surface area (Å²) in [7, 11) is 0. The summed E-state index contributed by atoms with van der Waals surface area (Å²) in [5.41, 5.74) is 8.14. The van der Waals surface area contributed by atoms with E-state index < -0.39 is 0 Å². The molecule has 5 heteroatoms. The molecular weight excluding hydrogens is 434 g/mol. The van der Waals surface area contributed by atoms with Crippen molar-refractivity contribution < 1.29 is 9.53 Å². The Labute approximate surface area is 204 Å². The van der Waals surface area contributed by atoms with E-state index in [1.54, 1.807) is 12.1 Å². The molecule has 172 valence electrons. The van der Waals surface area contributed by atoms with Crippen molar-refractivity contribution in [2.45, 2.75) is 20.4 Å². The zero-order valence-corrected chi connectivity index (χ0v) is 19.7. The highest BCUT2D eigenvalue weighted by molar-refractivity contribution is 6.02. The molecule has 5 nitrogen and oxygen atoms in total.